The molecule has 0 amide bonds. The molecule has 83 heavy (non-hydrogen) atoms. The van der Waals surface area contributed by atoms with Gasteiger partial charge in [-0.1, -0.05) is 273 Å². The highest BCUT2D eigenvalue weighted by atomic mass is 15.2. The average molecular weight is 1050 g/mol. The maximum atomic E-state index is 11.7. The molecule has 0 radical (unpaired) electrons. The van der Waals surface area contributed by atoms with Gasteiger partial charge in [-0.15, -0.1) is 0 Å². The van der Waals surface area contributed by atoms with Crippen molar-refractivity contribution in [3.63, 3.8) is 0 Å². The van der Waals surface area contributed by atoms with Gasteiger partial charge >= 0.3 is 0 Å². The third-order valence-electron chi connectivity index (χ3n) is 16.6. The van der Waals surface area contributed by atoms with E-state index in [1.165, 1.54) is 0 Å². The molecule has 2 aliphatic rings. The fourth-order valence-corrected chi connectivity index (χ4v) is 13.0. The normalized spacial score (nSPS) is 12.0. The van der Waals surface area contributed by atoms with Crippen LogP contribution in [0, 0.1) is 11.3 Å². The first-order valence-corrected chi connectivity index (χ1v) is 28.4. The van der Waals surface area contributed by atoms with Gasteiger partial charge < -0.3 is 9.80 Å². The van der Waals surface area contributed by atoms with Gasteiger partial charge in [-0.2, -0.15) is 5.26 Å². The lowest BCUT2D eigenvalue weighted by molar-refractivity contribution is 1.25. The van der Waals surface area contributed by atoms with E-state index in [0.29, 0.717) is 5.56 Å². The number of anilines is 6. The molecule has 2 heterocycles. The molecule has 0 atom stereocenters. The van der Waals surface area contributed by atoms with Crippen molar-refractivity contribution in [1.82, 2.24) is 0 Å². The molecule has 0 aromatic heterocycles. The van der Waals surface area contributed by atoms with E-state index < -0.39 is 0 Å². The summed E-state index contributed by atoms with van der Waals surface area (Å²) in [6.07, 6.45) is 0. The molecular formula is C79H52BN3. The first kappa shape index (κ1) is 49.1. The third kappa shape index (κ3) is 8.54. The number of nitrogens with zero attached hydrogens (tertiary/aromatic N) is 3. The Morgan fingerprint density at radius 1 is 0.241 bits per heavy atom. The van der Waals surface area contributed by atoms with Crippen LogP contribution in [0.5, 0.6) is 0 Å². The van der Waals surface area contributed by atoms with E-state index in [9.17, 15) is 5.26 Å². The summed E-state index contributed by atoms with van der Waals surface area (Å²) in [5.74, 6) is 0. The maximum absolute atomic E-state index is 11.7. The van der Waals surface area contributed by atoms with Gasteiger partial charge in [0.1, 0.15) is 6.07 Å². The Morgan fingerprint density at radius 2 is 0.530 bits per heavy atom. The standard InChI is InChI=1S/C79H52BN3/c81-53-62-43-25-45-71-76(62)82(77-67(58-35-17-5-18-36-58)47-63(54-27-9-1-10-28-54)48-68(77)59-37-19-6-20-38-59)73-51-65(56-31-13-3-14-32-56)52-74-75(73)80(71)72-46-26-44-66(57-33-15-4-16-34-57)79(72)83(74)78-69(60-39-21-7-22-40-60)49-64(55-29-11-2-12-30-55)50-70(78)61-41-23-8-24-42-61/h1-52H. The Bertz CT molecular complexity index is 4470. The first-order chi connectivity index (χ1) is 41.2. The molecule has 0 N–H and O–H groups in total. The zero-order valence-corrected chi connectivity index (χ0v) is 45.4. The minimum Gasteiger partial charge on any atom is -0.310 e. The molecule has 0 saturated carbocycles. The Kier molecular flexibility index (Phi) is 12.4. The highest BCUT2D eigenvalue weighted by Gasteiger charge is 2.47. The van der Waals surface area contributed by atoms with E-state index in [2.05, 4.69) is 325 Å². The summed E-state index contributed by atoms with van der Waals surface area (Å²) < 4.78 is 0. The summed E-state index contributed by atoms with van der Waals surface area (Å²) in [6.45, 7) is -0.299. The molecule has 0 aliphatic carbocycles. The predicted molar refractivity (Wildman–Crippen MR) is 349 cm³/mol. The second-order valence-corrected chi connectivity index (χ2v) is 21.4. The van der Waals surface area contributed by atoms with Gasteiger partial charge in [-0.05, 0) is 120 Å². The molecule has 0 saturated heterocycles. The molecule has 3 nitrogen and oxygen atoms in total. The number of hydrogen-bond acceptors (Lipinski definition) is 3. The summed E-state index contributed by atoms with van der Waals surface area (Å²) in [5.41, 5.74) is 27.6. The fraction of sp³-hybridized carbons (Fsp3) is 0. The molecule has 2 aliphatic heterocycles. The van der Waals surface area contributed by atoms with Crippen LogP contribution in [-0.2, 0) is 0 Å². The van der Waals surface area contributed by atoms with Crippen LogP contribution in [0.1, 0.15) is 5.56 Å². The van der Waals surface area contributed by atoms with Crippen LogP contribution in [-0.4, -0.2) is 6.71 Å². The molecule has 13 aromatic carbocycles. The largest absolute Gasteiger partial charge is 0.310 e. The molecule has 0 unspecified atom stereocenters. The van der Waals surface area contributed by atoms with Crippen LogP contribution in [0.25, 0.3) is 89.0 Å². The van der Waals surface area contributed by atoms with Crippen LogP contribution >= 0.6 is 0 Å². The predicted octanol–water partition coefficient (Wildman–Crippen LogP) is 19.0. The molecule has 386 valence electrons. The van der Waals surface area contributed by atoms with Crippen molar-refractivity contribution in [3.8, 4) is 95.1 Å². The highest BCUT2D eigenvalue weighted by molar-refractivity contribution is 7.00. The van der Waals surface area contributed by atoms with E-state index in [1.807, 2.05) is 6.07 Å². The molecule has 0 bridgehead atoms. The van der Waals surface area contributed by atoms with E-state index in [4.69, 9.17) is 0 Å². The fourth-order valence-electron chi connectivity index (χ4n) is 13.0. The number of rotatable bonds is 10. The molecular weight excluding hydrogens is 1000 g/mol. The second-order valence-electron chi connectivity index (χ2n) is 21.4. The Labute approximate surface area is 485 Å². The quantitative estimate of drug-likeness (QED) is 0.128. The number of nitriles is 1. The Balaban J connectivity index is 1.15. The van der Waals surface area contributed by atoms with Crippen molar-refractivity contribution in [2.45, 2.75) is 0 Å². The first-order valence-electron chi connectivity index (χ1n) is 28.4. The second kappa shape index (κ2) is 20.9. The van der Waals surface area contributed by atoms with Gasteiger partial charge in [0.25, 0.3) is 6.71 Å². The van der Waals surface area contributed by atoms with Crippen molar-refractivity contribution < 1.29 is 0 Å². The van der Waals surface area contributed by atoms with Crippen LogP contribution in [0.2, 0.25) is 0 Å². The summed E-state index contributed by atoms with van der Waals surface area (Å²) in [6, 6.07) is 117. The topological polar surface area (TPSA) is 30.3 Å². The number of benzene rings is 13. The zero-order valence-electron chi connectivity index (χ0n) is 45.4. The Hall–Kier alpha value is -11.0. The van der Waals surface area contributed by atoms with Gasteiger partial charge in [-0.3, -0.25) is 0 Å². The zero-order chi connectivity index (χ0) is 55.2. The van der Waals surface area contributed by atoms with Crippen molar-refractivity contribution in [2.75, 3.05) is 9.80 Å². The van der Waals surface area contributed by atoms with E-state index in [0.717, 1.165) is 140 Å². The third-order valence-corrected chi connectivity index (χ3v) is 16.6. The smallest absolute Gasteiger partial charge is 0.252 e. The van der Waals surface area contributed by atoms with Gasteiger partial charge in [0.15, 0.2) is 0 Å². The lowest BCUT2D eigenvalue weighted by atomic mass is 9.33. The highest BCUT2D eigenvalue weighted by Crippen LogP contribution is 2.56. The average Bonchev–Trinajstić information content (AvgIpc) is 1.52. The molecule has 0 spiro atoms. The lowest BCUT2D eigenvalue weighted by Gasteiger charge is -2.46. The van der Waals surface area contributed by atoms with Crippen LogP contribution < -0.4 is 26.2 Å². The molecule has 13 aromatic rings. The summed E-state index contributed by atoms with van der Waals surface area (Å²) in [7, 11) is 0. The summed E-state index contributed by atoms with van der Waals surface area (Å²) in [5, 5.41) is 11.7. The van der Waals surface area contributed by atoms with Gasteiger partial charge in [-0.25, -0.2) is 0 Å². The van der Waals surface area contributed by atoms with E-state index in [1.54, 1.807) is 0 Å². The van der Waals surface area contributed by atoms with Crippen LogP contribution in [0.4, 0.5) is 34.1 Å². The van der Waals surface area contributed by atoms with Crippen LogP contribution in [0.15, 0.2) is 315 Å². The van der Waals surface area contributed by atoms with Crippen LogP contribution in [0.3, 0.4) is 0 Å². The van der Waals surface area contributed by atoms with Gasteiger partial charge in [0.05, 0.1) is 22.6 Å². The monoisotopic (exact) mass is 1050 g/mol. The van der Waals surface area contributed by atoms with E-state index in [-0.39, 0.29) is 6.71 Å². The maximum Gasteiger partial charge on any atom is 0.252 e. The molecule has 15 rings (SSSR count). The van der Waals surface area contributed by atoms with Gasteiger partial charge in [0, 0.05) is 44.9 Å². The SMILES string of the molecule is N#Cc1cccc2c1N(c1c(-c3ccccc3)cc(-c3ccccc3)cc1-c1ccccc1)c1cc(-c3ccccc3)cc3c1B2c1cccc(-c2ccccc2)c1N3c1c(-c2ccccc2)cc(-c2ccccc2)cc1-c1ccccc1. The Morgan fingerprint density at radius 3 is 0.880 bits per heavy atom. The number of para-hydroxylation sites is 2. The van der Waals surface area contributed by atoms with Crippen molar-refractivity contribution in [3.05, 3.63) is 321 Å². The summed E-state index contributed by atoms with van der Waals surface area (Å²) in [4.78, 5) is 5.11. The number of fused-ring (bicyclic) bond motifs is 4. The minimum atomic E-state index is -0.299. The van der Waals surface area contributed by atoms with E-state index >= 15 is 0 Å². The molecule has 0 fully saturated rings. The molecule has 4 heteroatoms. The number of hydrogen-bond donors (Lipinski definition) is 0. The summed E-state index contributed by atoms with van der Waals surface area (Å²) >= 11 is 0. The van der Waals surface area contributed by atoms with Crippen molar-refractivity contribution in [1.29, 1.82) is 5.26 Å². The van der Waals surface area contributed by atoms with Gasteiger partial charge in [0.2, 0.25) is 0 Å². The lowest BCUT2D eigenvalue weighted by Crippen LogP contribution is -2.61. The van der Waals surface area contributed by atoms with Crippen molar-refractivity contribution >= 4 is 57.2 Å². The minimum absolute atomic E-state index is 0.299. The van der Waals surface area contributed by atoms with Crippen molar-refractivity contribution in [2.24, 2.45) is 0 Å².